The van der Waals surface area contributed by atoms with E-state index in [0.29, 0.717) is 30.2 Å². The third-order valence-corrected chi connectivity index (χ3v) is 5.66. The van der Waals surface area contributed by atoms with E-state index in [2.05, 4.69) is 5.32 Å². The third-order valence-electron chi connectivity index (χ3n) is 5.66. The van der Waals surface area contributed by atoms with Crippen molar-refractivity contribution in [1.82, 2.24) is 10.2 Å². The van der Waals surface area contributed by atoms with E-state index in [1.807, 2.05) is 43.3 Å². The Morgan fingerprint density at radius 1 is 1.12 bits per heavy atom. The molecule has 1 aliphatic rings. The molecule has 0 radical (unpaired) electrons. The SMILES string of the molecule is CCOC(=O)N(Cc1ccccc1)[C@H]1C[C@@H](C)N(C(=O)NC)c2cc(OC)c(OC)cc21. The van der Waals surface area contributed by atoms with Gasteiger partial charge in [-0.3, -0.25) is 9.80 Å². The highest BCUT2D eigenvalue weighted by molar-refractivity contribution is 5.94. The molecule has 0 spiro atoms. The lowest BCUT2D eigenvalue weighted by Gasteiger charge is -2.43. The van der Waals surface area contributed by atoms with E-state index >= 15 is 0 Å². The first-order valence-electron chi connectivity index (χ1n) is 10.7. The van der Waals surface area contributed by atoms with Gasteiger partial charge in [-0.2, -0.15) is 0 Å². The summed E-state index contributed by atoms with van der Waals surface area (Å²) in [5.74, 6) is 1.05. The van der Waals surface area contributed by atoms with E-state index in [9.17, 15) is 9.59 Å². The summed E-state index contributed by atoms with van der Waals surface area (Å²) in [6.07, 6.45) is 0.143. The molecule has 172 valence electrons. The Morgan fingerprint density at radius 2 is 1.78 bits per heavy atom. The summed E-state index contributed by atoms with van der Waals surface area (Å²) in [7, 11) is 4.72. The number of nitrogens with zero attached hydrogens (tertiary/aromatic N) is 2. The fourth-order valence-electron chi connectivity index (χ4n) is 4.17. The first-order valence-corrected chi connectivity index (χ1v) is 10.7. The minimum absolute atomic E-state index is 0.168. The van der Waals surface area contributed by atoms with E-state index in [1.165, 1.54) is 0 Å². The normalized spacial score (nSPS) is 17.2. The number of hydrogen-bond donors (Lipinski definition) is 1. The van der Waals surface area contributed by atoms with Crippen molar-refractivity contribution in [3.63, 3.8) is 0 Å². The van der Waals surface area contributed by atoms with Crippen LogP contribution in [-0.4, -0.2) is 50.9 Å². The second-order valence-electron chi connectivity index (χ2n) is 7.60. The predicted octanol–water partition coefficient (Wildman–Crippen LogP) is 4.34. The van der Waals surface area contributed by atoms with Crippen LogP contribution in [0.5, 0.6) is 11.5 Å². The van der Waals surface area contributed by atoms with Crippen LogP contribution in [0.2, 0.25) is 0 Å². The van der Waals surface area contributed by atoms with Gasteiger partial charge < -0.3 is 19.5 Å². The van der Waals surface area contributed by atoms with Crippen molar-refractivity contribution in [2.75, 3.05) is 32.8 Å². The summed E-state index contributed by atoms with van der Waals surface area (Å²) in [6.45, 7) is 4.41. The van der Waals surface area contributed by atoms with E-state index in [0.717, 1.165) is 11.1 Å². The van der Waals surface area contributed by atoms with Crippen LogP contribution in [-0.2, 0) is 11.3 Å². The maximum Gasteiger partial charge on any atom is 0.410 e. The summed E-state index contributed by atoms with van der Waals surface area (Å²) in [5, 5.41) is 2.71. The fraction of sp³-hybridized carbons (Fsp3) is 0.417. The molecule has 0 saturated heterocycles. The van der Waals surface area contributed by atoms with Crippen molar-refractivity contribution < 1.29 is 23.8 Å². The first-order chi connectivity index (χ1) is 15.4. The highest BCUT2D eigenvalue weighted by Gasteiger charge is 2.39. The number of anilines is 1. The Bertz CT molecular complexity index is 950. The molecule has 0 bridgehead atoms. The van der Waals surface area contributed by atoms with Crippen LogP contribution in [0.4, 0.5) is 15.3 Å². The van der Waals surface area contributed by atoms with Gasteiger partial charge in [-0.25, -0.2) is 9.59 Å². The second kappa shape index (κ2) is 10.3. The fourth-order valence-corrected chi connectivity index (χ4v) is 4.17. The van der Waals surface area contributed by atoms with Gasteiger partial charge in [-0.15, -0.1) is 0 Å². The molecule has 2 atom stereocenters. The average molecular weight is 442 g/mol. The number of amides is 3. The van der Waals surface area contributed by atoms with E-state index in [1.54, 1.807) is 44.1 Å². The number of carbonyl (C=O) groups is 2. The Balaban J connectivity index is 2.14. The van der Waals surface area contributed by atoms with Gasteiger partial charge in [0.15, 0.2) is 11.5 Å². The number of rotatable bonds is 6. The summed E-state index contributed by atoms with van der Waals surface area (Å²) >= 11 is 0. The molecule has 3 amide bonds. The standard InChI is InChI=1S/C24H31N3O5/c1-6-32-24(29)26(15-17-10-8-7-9-11-17)19-12-16(2)27(23(28)25-3)20-14-22(31-5)21(30-4)13-18(19)20/h7-11,13-14,16,19H,6,12,15H2,1-5H3,(H,25,28)/t16-,19+/m1/s1. The molecule has 1 aliphatic heterocycles. The van der Waals surface area contributed by atoms with Crippen molar-refractivity contribution in [2.45, 2.75) is 38.9 Å². The van der Waals surface area contributed by atoms with Crippen molar-refractivity contribution in [2.24, 2.45) is 0 Å². The lowest BCUT2D eigenvalue weighted by molar-refractivity contribution is 0.0816. The van der Waals surface area contributed by atoms with Gasteiger partial charge in [0.1, 0.15) is 0 Å². The molecule has 0 aromatic heterocycles. The summed E-state index contributed by atoms with van der Waals surface area (Å²) < 4.78 is 16.4. The van der Waals surface area contributed by atoms with Crippen LogP contribution in [0.3, 0.4) is 0 Å². The van der Waals surface area contributed by atoms with Gasteiger partial charge in [0.05, 0.1) is 32.6 Å². The Hall–Kier alpha value is -3.42. The molecule has 8 heteroatoms. The van der Waals surface area contributed by atoms with Gasteiger partial charge in [0, 0.05) is 31.3 Å². The monoisotopic (exact) mass is 441 g/mol. The number of hydrogen-bond acceptors (Lipinski definition) is 5. The van der Waals surface area contributed by atoms with E-state index in [4.69, 9.17) is 14.2 Å². The largest absolute Gasteiger partial charge is 0.493 e. The smallest absolute Gasteiger partial charge is 0.410 e. The summed E-state index contributed by atoms with van der Waals surface area (Å²) in [5.41, 5.74) is 2.46. The number of urea groups is 1. The topological polar surface area (TPSA) is 80.3 Å². The highest BCUT2D eigenvalue weighted by Crippen LogP contribution is 2.46. The second-order valence-corrected chi connectivity index (χ2v) is 7.60. The Morgan fingerprint density at radius 3 is 2.38 bits per heavy atom. The van der Waals surface area contributed by atoms with Crippen molar-refractivity contribution >= 4 is 17.8 Å². The molecule has 8 nitrogen and oxygen atoms in total. The van der Waals surface area contributed by atoms with Gasteiger partial charge in [0.2, 0.25) is 0 Å². The van der Waals surface area contributed by atoms with E-state index in [-0.39, 0.29) is 24.7 Å². The number of methoxy groups -OCH3 is 2. The minimum Gasteiger partial charge on any atom is -0.493 e. The molecule has 2 aromatic rings. The average Bonchev–Trinajstić information content (AvgIpc) is 2.81. The first kappa shape index (κ1) is 23.2. The molecule has 0 fully saturated rings. The minimum atomic E-state index is -0.400. The van der Waals surface area contributed by atoms with Gasteiger partial charge in [0.25, 0.3) is 0 Å². The van der Waals surface area contributed by atoms with Crippen molar-refractivity contribution in [3.8, 4) is 11.5 Å². The zero-order valence-electron chi connectivity index (χ0n) is 19.3. The van der Waals surface area contributed by atoms with E-state index < -0.39 is 6.09 Å². The molecule has 32 heavy (non-hydrogen) atoms. The number of ether oxygens (including phenoxy) is 3. The molecule has 2 aromatic carbocycles. The van der Waals surface area contributed by atoms with Gasteiger partial charge in [-0.1, -0.05) is 30.3 Å². The van der Waals surface area contributed by atoms with Gasteiger partial charge in [-0.05, 0) is 31.9 Å². The molecule has 1 heterocycles. The van der Waals surface area contributed by atoms with Crippen LogP contribution in [0.1, 0.15) is 37.4 Å². The predicted molar refractivity (Wildman–Crippen MR) is 122 cm³/mol. The maximum absolute atomic E-state index is 13.1. The zero-order chi connectivity index (χ0) is 23.3. The third kappa shape index (κ3) is 4.59. The molecule has 3 rings (SSSR count). The summed E-state index contributed by atoms with van der Waals surface area (Å²) in [4.78, 5) is 29.2. The number of benzene rings is 2. The highest BCUT2D eigenvalue weighted by atomic mass is 16.6. The van der Waals surface area contributed by atoms with Crippen LogP contribution < -0.4 is 19.7 Å². The summed E-state index contributed by atoms with van der Waals surface area (Å²) in [6, 6.07) is 12.7. The van der Waals surface area contributed by atoms with Gasteiger partial charge >= 0.3 is 12.1 Å². The number of carbonyl (C=O) groups excluding carboxylic acids is 2. The molecule has 0 aliphatic carbocycles. The van der Waals surface area contributed by atoms with Crippen LogP contribution in [0, 0.1) is 0 Å². The Kier molecular flexibility index (Phi) is 7.45. The van der Waals surface area contributed by atoms with Crippen LogP contribution >= 0.6 is 0 Å². The molecular weight excluding hydrogens is 410 g/mol. The lowest BCUT2D eigenvalue weighted by Crippen LogP contribution is -2.50. The number of fused-ring (bicyclic) bond motifs is 1. The van der Waals surface area contributed by atoms with Crippen molar-refractivity contribution in [3.05, 3.63) is 53.6 Å². The van der Waals surface area contributed by atoms with Crippen LogP contribution in [0.25, 0.3) is 0 Å². The molecule has 0 saturated carbocycles. The number of nitrogens with one attached hydrogen (secondary N) is 1. The van der Waals surface area contributed by atoms with Crippen LogP contribution in [0.15, 0.2) is 42.5 Å². The zero-order valence-corrected chi connectivity index (χ0v) is 19.3. The quantitative estimate of drug-likeness (QED) is 0.721. The van der Waals surface area contributed by atoms with Crippen molar-refractivity contribution in [1.29, 1.82) is 0 Å². The Labute approximate surface area is 189 Å². The maximum atomic E-state index is 13.1. The molecule has 1 N–H and O–H groups in total. The molecule has 0 unspecified atom stereocenters. The molecular formula is C24H31N3O5. The lowest BCUT2D eigenvalue weighted by atomic mass is 9.90.